The number of benzene rings is 6. The summed E-state index contributed by atoms with van der Waals surface area (Å²) in [6, 6.07) is 42.5. The molecular weight excluding hydrogens is 2090 g/mol. The van der Waals surface area contributed by atoms with Crippen molar-refractivity contribution in [3.05, 3.63) is 201 Å². The third kappa shape index (κ3) is 51.4. The number of rotatable bonds is 59. The molecule has 0 aliphatic rings. The van der Waals surface area contributed by atoms with Crippen LogP contribution >= 0.6 is 0 Å². The van der Waals surface area contributed by atoms with Gasteiger partial charge in [-0.25, -0.2) is 19.6 Å². The molecule has 770 valence electrons. The summed E-state index contributed by atoms with van der Waals surface area (Å²) in [4.78, 5) is 133. The molecule has 0 radical (unpaired) electrons. The van der Waals surface area contributed by atoms with E-state index in [1.807, 2.05) is 141 Å². The number of nitrogens with zero attached hydrogens (tertiary/aromatic N) is 10. The number of aryl methyl sites for hydroxylation is 2. The van der Waals surface area contributed by atoms with Crippen molar-refractivity contribution in [3.8, 4) is 33.8 Å². The second-order valence-electron chi connectivity index (χ2n) is 34.1. The Labute approximate surface area is 955 Å². The first-order valence-electron chi connectivity index (χ1n) is 46.6. The molecule has 0 aliphatic heterocycles. The molecule has 0 unspecified atom stereocenters. The van der Waals surface area contributed by atoms with Gasteiger partial charge in [0.05, 0.1) is 138 Å². The maximum Gasteiger partial charge on any atom is 1.00 e. The Balaban J connectivity index is 0.000000808. The number of anilines is 2. The molecule has 6 atom stereocenters. The van der Waals surface area contributed by atoms with E-state index in [-0.39, 0.29) is 216 Å². The number of aromatic hydroxyl groups is 1. The SMILES string of the molecule is CCCOCCOCCOCCOCCN=[N+]=[N-].COC(=O)C[C@H](CC(=O)[C@@H](NC(=O)CCCN(C(=O)OC(C)(C)C)c1cc(C)ccn1)[C@@H](C)O)c1ccc(-c2ccc(O)c3ccccc23)cc1.COC(=O)C[C@H](CC(=O)[C@@H](NC(=O)CCCN(C(=O)OC(C)(C)C)c1cc(C)ccn1)[C@@H](C)O)c1ccc(-c2ccc(OCCOCCOCCOCCOCCN=[N+]=[N-])c3ccccc23)cc1.O=CO[O-].[Cs+].[Cs+].[H-]. The Morgan fingerprint density at radius 3 is 1.17 bits per heavy atom. The summed E-state index contributed by atoms with van der Waals surface area (Å²) in [6.45, 7) is 28.1. The van der Waals surface area contributed by atoms with Crippen LogP contribution in [0.25, 0.3) is 64.7 Å². The van der Waals surface area contributed by atoms with E-state index in [0.29, 0.717) is 147 Å². The average Bonchev–Trinajstić information content (AvgIpc) is 0.799. The van der Waals surface area contributed by atoms with E-state index in [1.54, 1.807) is 72.1 Å². The van der Waals surface area contributed by atoms with Crippen molar-refractivity contribution in [2.24, 2.45) is 10.2 Å². The maximum atomic E-state index is 13.8. The number of pyridine rings is 2. The Bertz CT molecular complexity index is 5240. The topological polar surface area (TPSA) is 520 Å². The molecule has 39 nitrogen and oxygen atoms in total. The number of hydrogen-bond donors (Lipinski definition) is 5. The number of carbonyl (C=O) groups is 9. The first kappa shape index (κ1) is 128. The number of methoxy groups -OCH3 is 2. The number of ketones is 2. The van der Waals surface area contributed by atoms with Crippen LogP contribution in [0, 0.1) is 13.8 Å². The molecule has 0 aliphatic carbocycles. The molecule has 0 saturated carbocycles. The minimum Gasteiger partial charge on any atom is -1.00 e. The van der Waals surface area contributed by atoms with Crippen molar-refractivity contribution in [2.45, 2.75) is 181 Å². The number of phenols is 1. The molecule has 5 N–H and O–H groups in total. The molecule has 8 aromatic rings. The Morgan fingerprint density at radius 2 is 0.825 bits per heavy atom. The summed E-state index contributed by atoms with van der Waals surface area (Å²) < 4.78 is 70.1. The van der Waals surface area contributed by atoms with Crippen LogP contribution in [0.3, 0.4) is 0 Å². The van der Waals surface area contributed by atoms with E-state index in [2.05, 4.69) is 52.5 Å². The zero-order valence-electron chi connectivity index (χ0n) is 85.9. The number of amides is 4. The molecule has 143 heavy (non-hydrogen) atoms. The first-order chi connectivity index (χ1) is 67.7. The number of aliphatic hydroxyl groups is 2. The largest absolute Gasteiger partial charge is 1.00 e. The third-order valence-electron chi connectivity index (χ3n) is 20.7. The molecule has 6 aromatic carbocycles. The van der Waals surface area contributed by atoms with Gasteiger partial charge in [0.1, 0.15) is 53.0 Å². The maximum absolute atomic E-state index is 13.8. The molecular formula is C102H138Cs2N12O27. The molecule has 2 aromatic heterocycles. The number of azide groups is 2. The van der Waals surface area contributed by atoms with Gasteiger partial charge in [0, 0.05) is 103 Å². The minimum absolute atomic E-state index is 0. The van der Waals surface area contributed by atoms with Gasteiger partial charge in [0.25, 0.3) is 6.47 Å². The number of aromatic nitrogens is 2. The standard InChI is InChI=1S/C50H66N6O12.C40H47N3O8.C11H23N3O4.CH2O3.2Cs.H/c1-35-19-20-52-45(32-35)56(49(61)68-50(3,4)5)22-9-12-46(59)54-48(36(2)57)43(58)33-39(34-47(60)62-6)37-13-15-38(16-14-37)40-17-18-44(42-11-8-7-10-41(40)42)67-31-30-66-29-28-65-27-26-64-25-24-63-23-21-53-55-51;1-25-19-20-41-35(22-25)43(39(49)51-40(3,4)5)21-9-12-36(47)42-38(26(2)44)34(46)23-29(24-37(48)50-6)27-13-15-28(16-14-27)30-17-18-33(45)32-11-8-7-10-31(30)32;1-2-4-15-6-8-17-10-11-18-9-7-16-5-3-13-14-12;2-1-4-3;;;/h7-8,10-11,13-20,32,36,39,48,57H,9,12,21-31,33-34H2,1-6H3,(H,54,59);7-8,10-11,13-20,22,26,29,38,44-45H,9,12,21,23-24H2,1-6H3,(H,42,47);2-11H2,1H3;1,3H;;;/q;;;;2*+1;-1/p-1/t36-,39+,48+;26-,29+,38+;;;;;/m11...../s1. The van der Waals surface area contributed by atoms with Gasteiger partial charge in [-0.05, 0) is 191 Å². The van der Waals surface area contributed by atoms with E-state index < -0.39 is 94.8 Å². The molecule has 0 bridgehead atoms. The summed E-state index contributed by atoms with van der Waals surface area (Å²) in [5.41, 5.74) is 21.6. The smallest absolute Gasteiger partial charge is 1.00 e. The van der Waals surface area contributed by atoms with Crippen LogP contribution in [0.1, 0.15) is 156 Å². The van der Waals surface area contributed by atoms with Crippen LogP contribution in [0.4, 0.5) is 21.2 Å². The number of ether oxygens (including phenoxy) is 13. The van der Waals surface area contributed by atoms with Crippen LogP contribution in [0.5, 0.6) is 11.5 Å². The van der Waals surface area contributed by atoms with Crippen LogP contribution in [-0.4, -0.2) is 267 Å². The van der Waals surface area contributed by atoms with Crippen LogP contribution < -0.4 is 168 Å². The number of nitrogens with one attached hydrogen (secondary N) is 2. The fourth-order valence-corrected chi connectivity index (χ4v) is 14.0. The van der Waals surface area contributed by atoms with Gasteiger partial charge >= 0.3 is 162 Å². The van der Waals surface area contributed by atoms with Gasteiger partial charge in [-0.1, -0.05) is 126 Å². The number of carbonyl (C=O) groups excluding carboxylic acids is 9. The minimum atomic E-state index is -1.24. The number of fused-ring (bicyclic) bond motifs is 2. The normalized spacial score (nSPS) is 12.1. The van der Waals surface area contributed by atoms with E-state index in [9.17, 15) is 53.7 Å². The van der Waals surface area contributed by atoms with Gasteiger partial charge in [-0.15, -0.1) is 0 Å². The molecule has 8 rings (SSSR count). The Kier molecular flexibility index (Phi) is 65.9. The van der Waals surface area contributed by atoms with Crippen molar-refractivity contribution < 1.29 is 269 Å². The second kappa shape index (κ2) is 73.4. The van der Waals surface area contributed by atoms with Gasteiger partial charge in [-0.3, -0.25) is 43.4 Å². The second-order valence-corrected chi connectivity index (χ2v) is 34.1. The van der Waals surface area contributed by atoms with E-state index in [0.717, 1.165) is 68.0 Å². The van der Waals surface area contributed by atoms with Crippen molar-refractivity contribution in [2.75, 3.05) is 163 Å². The van der Waals surface area contributed by atoms with Crippen molar-refractivity contribution >= 4 is 87.2 Å². The molecule has 2 heterocycles. The van der Waals surface area contributed by atoms with Crippen LogP contribution in [0.2, 0.25) is 0 Å². The van der Waals surface area contributed by atoms with Gasteiger partial charge in [-0.2, -0.15) is 0 Å². The molecule has 0 saturated heterocycles. The molecule has 41 heteroatoms. The summed E-state index contributed by atoms with van der Waals surface area (Å²) in [6.07, 6.45) is 0.443. The Hall–Kier alpha value is -8.75. The third-order valence-corrected chi connectivity index (χ3v) is 20.7. The van der Waals surface area contributed by atoms with Crippen molar-refractivity contribution in [3.63, 3.8) is 0 Å². The molecule has 4 amide bonds. The van der Waals surface area contributed by atoms with Gasteiger partial charge in [0.15, 0.2) is 11.6 Å². The van der Waals surface area contributed by atoms with Crippen LogP contribution in [-0.2, 0) is 95.3 Å². The quantitative estimate of drug-likeness (QED) is 0.00274. The first-order valence-corrected chi connectivity index (χ1v) is 46.6. The van der Waals surface area contributed by atoms with Crippen molar-refractivity contribution in [1.29, 1.82) is 0 Å². The summed E-state index contributed by atoms with van der Waals surface area (Å²) in [5, 5.41) is 55.6. The number of phenolic OH excluding ortho intramolecular Hbond substituents is 1. The van der Waals surface area contributed by atoms with Gasteiger partial charge in [0.2, 0.25) is 11.8 Å². The Morgan fingerprint density at radius 1 is 0.483 bits per heavy atom. The number of hydrogen-bond acceptors (Lipinski definition) is 31. The van der Waals surface area contributed by atoms with Crippen molar-refractivity contribution in [1.82, 2.24) is 20.6 Å². The van der Waals surface area contributed by atoms with E-state index in [1.165, 1.54) is 37.9 Å². The predicted octanol–water partition coefficient (Wildman–Crippen LogP) is 8.60. The summed E-state index contributed by atoms with van der Waals surface area (Å²) >= 11 is 0. The number of Topliss-reactive ketones (excluding diaryl/α,β-unsaturated/α-hetero) is 2. The fourth-order valence-electron chi connectivity index (χ4n) is 14.0. The zero-order chi connectivity index (χ0) is 103. The average molecular weight is 2230 g/mol. The summed E-state index contributed by atoms with van der Waals surface area (Å²) in [5.74, 6) is -2.41. The monoisotopic (exact) mass is 2230 g/mol. The van der Waals surface area contributed by atoms with Crippen LogP contribution in [0.15, 0.2) is 168 Å². The zero-order valence-corrected chi connectivity index (χ0v) is 97.4. The fraction of sp³-hybridized carbons (Fsp3) is 0.500. The summed E-state index contributed by atoms with van der Waals surface area (Å²) in [7, 11) is 2.56. The molecule has 0 spiro atoms. The molecule has 0 fully saturated rings. The van der Waals surface area contributed by atoms with E-state index in [4.69, 9.17) is 82.7 Å². The number of aliphatic hydroxyl groups excluding tert-OH is 2. The predicted molar refractivity (Wildman–Crippen MR) is 528 cm³/mol. The number of esters is 2. The van der Waals surface area contributed by atoms with Gasteiger partial charge < -0.3 is 99.1 Å². The van der Waals surface area contributed by atoms with E-state index >= 15 is 0 Å².